The number of aliphatic imine (C=N–C) groups is 1. The number of rotatable bonds is 16. The fourth-order valence-electron chi connectivity index (χ4n) is 6.28. The zero-order chi connectivity index (χ0) is 40.0. The highest BCUT2D eigenvalue weighted by Gasteiger charge is 2.61. The van der Waals surface area contributed by atoms with Crippen molar-refractivity contribution in [2.45, 2.75) is 88.9 Å². The Balaban J connectivity index is 1.50. The summed E-state index contributed by atoms with van der Waals surface area (Å²) in [5.74, 6) is -5.60. The van der Waals surface area contributed by atoms with Crippen LogP contribution < -0.4 is 15.3 Å². The van der Waals surface area contributed by atoms with Crippen LogP contribution in [0.2, 0.25) is 0 Å². The van der Waals surface area contributed by atoms with Crippen molar-refractivity contribution in [3.05, 3.63) is 54.5 Å². The average molecular weight is 794 g/mol. The third kappa shape index (κ3) is 9.47. The van der Waals surface area contributed by atoms with Gasteiger partial charge in [0.2, 0.25) is 0 Å². The summed E-state index contributed by atoms with van der Waals surface area (Å²) in [6.07, 6.45) is -3.48. The molecule has 20 heteroatoms. The Morgan fingerprint density at radius 1 is 1.11 bits per heavy atom. The summed E-state index contributed by atoms with van der Waals surface area (Å²) in [7, 11) is -3.29. The number of fused-ring (bicyclic) bond motifs is 1. The molecule has 2 fully saturated rings. The molecule has 0 saturated carbocycles. The Kier molecular flexibility index (Phi) is 13.2. The maximum absolute atomic E-state index is 14.9. The van der Waals surface area contributed by atoms with E-state index in [0.717, 1.165) is 0 Å². The number of halogens is 2. The molecule has 55 heavy (non-hydrogen) atoms. The second-order valence-corrected chi connectivity index (χ2v) is 14.7. The molecule has 7 atom stereocenters. The minimum Gasteiger partial charge on any atom is -0.455 e. The number of nitrogens with one attached hydrogen (secondary N) is 1. The third-order valence-corrected chi connectivity index (χ3v) is 10.8. The number of nitrogens with two attached hydrogens (primary N) is 1. The predicted molar refractivity (Wildman–Crippen MR) is 193 cm³/mol. The standard InChI is InChI=1S/C35H46F2N7O10P/c1-6-27(45)51-30-29(24-14-15-25-32(38)40-21-41-44(24)25)53-34(18-39-5,31(30)52-28(46)7-2)20-49-55(48,54-23-12-10-9-11-13-23)42-22(4)33(47)50-26-16-17-43(8-3)19-35(26,36)37/h9-15,18,21-22,26,29-31H,6-8,16-17,19-20H2,1-5H3,(H,42,48)(H2,38,40,41)/b39-18-/t22-,26?,29-,30-,31-,34+,55?/m0/s1. The van der Waals surface area contributed by atoms with Gasteiger partial charge in [-0.1, -0.05) is 39.0 Å². The average Bonchev–Trinajstić information content (AvgIpc) is 3.71. The van der Waals surface area contributed by atoms with E-state index in [2.05, 4.69) is 20.2 Å². The van der Waals surface area contributed by atoms with E-state index in [1.54, 1.807) is 56.0 Å². The van der Waals surface area contributed by atoms with E-state index in [1.165, 1.54) is 43.2 Å². The van der Waals surface area contributed by atoms with E-state index in [1.807, 2.05) is 0 Å². The Morgan fingerprint density at radius 2 is 1.82 bits per heavy atom. The van der Waals surface area contributed by atoms with Crippen molar-refractivity contribution in [3.63, 3.8) is 0 Å². The number of hydrogen-bond acceptors (Lipinski definition) is 15. The highest BCUT2D eigenvalue weighted by molar-refractivity contribution is 7.52. The zero-order valence-electron chi connectivity index (χ0n) is 31.1. The molecule has 3 N–H and O–H groups in total. The number of ether oxygens (including phenoxy) is 4. The van der Waals surface area contributed by atoms with Gasteiger partial charge in [0.15, 0.2) is 29.7 Å². The van der Waals surface area contributed by atoms with Gasteiger partial charge in [-0.05, 0) is 37.7 Å². The van der Waals surface area contributed by atoms with Crippen LogP contribution in [0.25, 0.3) is 5.52 Å². The van der Waals surface area contributed by atoms with Crippen LogP contribution in [0.5, 0.6) is 5.75 Å². The lowest BCUT2D eigenvalue weighted by molar-refractivity contribution is -0.189. The van der Waals surface area contributed by atoms with Gasteiger partial charge < -0.3 is 29.2 Å². The number of aromatic nitrogens is 3. The van der Waals surface area contributed by atoms with E-state index in [9.17, 15) is 27.7 Å². The molecule has 2 unspecified atom stereocenters. The first kappa shape index (κ1) is 41.6. The first-order valence-corrected chi connectivity index (χ1v) is 19.4. The van der Waals surface area contributed by atoms with Gasteiger partial charge in [-0.2, -0.15) is 10.2 Å². The van der Waals surface area contributed by atoms with E-state index in [-0.39, 0.29) is 30.8 Å². The number of alkyl halides is 2. The number of anilines is 1. The van der Waals surface area contributed by atoms with Gasteiger partial charge in [0, 0.05) is 39.1 Å². The van der Waals surface area contributed by atoms with Crippen molar-refractivity contribution in [1.29, 1.82) is 0 Å². The number of hydrogen-bond donors (Lipinski definition) is 2. The number of likely N-dealkylation sites (tertiary alicyclic amines) is 1. The van der Waals surface area contributed by atoms with Crippen molar-refractivity contribution in [1.82, 2.24) is 24.6 Å². The molecule has 1 aromatic carbocycles. The first-order valence-electron chi connectivity index (χ1n) is 17.8. The van der Waals surface area contributed by atoms with Crippen molar-refractivity contribution < 1.29 is 55.7 Å². The Hall–Kier alpha value is -4.55. The molecule has 3 aromatic rings. The number of nitrogen functional groups attached to an aromatic ring is 1. The lowest BCUT2D eigenvalue weighted by Crippen LogP contribution is -2.54. The summed E-state index contributed by atoms with van der Waals surface area (Å²) in [6.45, 7) is 5.54. The quantitative estimate of drug-likeness (QED) is 0.0912. The Morgan fingerprint density at radius 3 is 2.47 bits per heavy atom. The highest BCUT2D eigenvalue weighted by atomic mass is 31.2. The fraction of sp³-hybridized carbons (Fsp3) is 0.543. The van der Waals surface area contributed by atoms with Crippen molar-refractivity contribution >= 4 is 43.2 Å². The number of esters is 3. The van der Waals surface area contributed by atoms with Gasteiger partial charge >= 0.3 is 25.7 Å². The molecule has 2 aliphatic rings. The van der Waals surface area contributed by atoms with Gasteiger partial charge in [-0.15, -0.1) is 0 Å². The van der Waals surface area contributed by atoms with Crippen LogP contribution in [-0.2, 0) is 42.4 Å². The lowest BCUT2D eigenvalue weighted by Gasteiger charge is -2.37. The smallest absolute Gasteiger partial charge is 0.455 e. The number of benzene rings is 1. The number of carbonyl (C=O) groups excluding carboxylic acids is 3. The maximum Gasteiger partial charge on any atom is 0.459 e. The fourth-order valence-corrected chi connectivity index (χ4v) is 7.81. The van der Waals surface area contributed by atoms with E-state index in [4.69, 9.17) is 33.7 Å². The molecule has 2 saturated heterocycles. The minimum atomic E-state index is -4.70. The Bertz CT molecular complexity index is 1900. The van der Waals surface area contributed by atoms with Crippen molar-refractivity contribution in [3.8, 4) is 5.75 Å². The van der Waals surface area contributed by atoms with Crippen molar-refractivity contribution in [2.75, 3.05) is 39.0 Å². The van der Waals surface area contributed by atoms with E-state index in [0.29, 0.717) is 24.3 Å². The molecule has 2 aromatic heterocycles. The number of nitrogens with zero attached hydrogens (tertiary/aromatic N) is 5. The second kappa shape index (κ2) is 17.5. The monoisotopic (exact) mass is 793 g/mol. The van der Waals surface area contributed by atoms with Crippen LogP contribution in [0.4, 0.5) is 14.6 Å². The summed E-state index contributed by atoms with van der Waals surface area (Å²) in [4.78, 5) is 48.8. The Labute approximate surface area is 316 Å². The van der Waals surface area contributed by atoms with E-state index >= 15 is 0 Å². The highest BCUT2D eigenvalue weighted by Crippen LogP contribution is 2.50. The van der Waals surface area contributed by atoms with Crippen LogP contribution in [0.3, 0.4) is 0 Å². The molecular formula is C35H46F2N7O10P. The summed E-state index contributed by atoms with van der Waals surface area (Å²) < 4.78 is 81.4. The molecule has 0 aliphatic carbocycles. The first-order chi connectivity index (χ1) is 26.2. The lowest BCUT2D eigenvalue weighted by atomic mass is 9.95. The van der Waals surface area contributed by atoms with Gasteiger partial charge in [0.1, 0.15) is 29.7 Å². The molecule has 4 heterocycles. The molecule has 0 radical (unpaired) electrons. The molecular weight excluding hydrogens is 747 g/mol. The molecule has 0 spiro atoms. The molecule has 0 bridgehead atoms. The van der Waals surface area contributed by atoms with Gasteiger partial charge in [-0.3, -0.25) is 28.8 Å². The summed E-state index contributed by atoms with van der Waals surface area (Å²) in [5.41, 5.74) is 4.88. The van der Waals surface area contributed by atoms with E-state index < -0.39 is 80.8 Å². The SMILES string of the molecule is CCC(=O)O[C@H]1[C@H](c2ccc3c(N)ncnn23)O[C@](/C=N\C)(COP(=O)(N[C@@H](C)C(=O)OC2CCN(CC)CC2(F)F)Oc2ccccc2)[C@H]1OC(=O)CC. The molecule has 300 valence electrons. The summed E-state index contributed by atoms with van der Waals surface area (Å²) >= 11 is 0. The minimum absolute atomic E-state index is 0.0469. The second-order valence-electron chi connectivity index (χ2n) is 13.0. The van der Waals surface area contributed by atoms with Crippen molar-refractivity contribution in [2.24, 2.45) is 4.99 Å². The molecule has 2 aliphatic heterocycles. The molecule has 5 rings (SSSR count). The van der Waals surface area contributed by atoms with Crippen LogP contribution in [0.15, 0.2) is 53.8 Å². The van der Waals surface area contributed by atoms with Gasteiger partial charge in [0.25, 0.3) is 5.92 Å². The topological polar surface area (TPSA) is 207 Å². The van der Waals surface area contributed by atoms with Crippen LogP contribution in [0.1, 0.15) is 58.8 Å². The van der Waals surface area contributed by atoms with Gasteiger partial charge in [-0.25, -0.2) is 22.8 Å². The molecule has 17 nitrogen and oxygen atoms in total. The maximum atomic E-state index is 14.9. The third-order valence-electron chi connectivity index (χ3n) is 9.13. The normalized spacial score (nSPS) is 25.7. The number of para-hydroxylation sites is 1. The van der Waals surface area contributed by atoms with Crippen LogP contribution in [-0.4, -0.2) is 113 Å². The van der Waals surface area contributed by atoms with Crippen LogP contribution in [0, 0.1) is 0 Å². The number of carbonyl (C=O) groups is 3. The zero-order valence-corrected chi connectivity index (χ0v) is 32.0. The van der Waals surface area contributed by atoms with Crippen LogP contribution >= 0.6 is 7.75 Å². The largest absolute Gasteiger partial charge is 0.459 e. The molecule has 0 amide bonds. The summed E-state index contributed by atoms with van der Waals surface area (Å²) in [5, 5.41) is 6.78. The predicted octanol–water partition coefficient (Wildman–Crippen LogP) is 3.92. The summed E-state index contributed by atoms with van der Waals surface area (Å²) in [6, 6.07) is 9.59. The van der Waals surface area contributed by atoms with Gasteiger partial charge in [0.05, 0.1) is 18.8 Å². The number of piperidine rings is 1.